The van der Waals surface area contributed by atoms with E-state index in [4.69, 9.17) is 4.74 Å². The quantitative estimate of drug-likeness (QED) is 0.809. The monoisotopic (exact) mass is 345 g/mol. The number of thiophene rings is 1. The molecule has 1 amide bonds. The van der Waals surface area contributed by atoms with E-state index in [-0.39, 0.29) is 18.1 Å². The van der Waals surface area contributed by atoms with Crippen LogP contribution >= 0.6 is 11.3 Å². The van der Waals surface area contributed by atoms with Crippen molar-refractivity contribution in [3.63, 3.8) is 0 Å². The zero-order valence-electron chi connectivity index (χ0n) is 13.9. The molecule has 3 heterocycles. The number of likely N-dealkylation sites (tertiary alicyclic amines) is 1. The number of hydrogen-bond acceptors (Lipinski definition) is 4. The minimum Gasteiger partial charge on any atom is -0.376 e. The lowest BCUT2D eigenvalue weighted by atomic mass is 10.0. The highest BCUT2D eigenvalue weighted by Crippen LogP contribution is 2.32. The van der Waals surface area contributed by atoms with E-state index in [0.29, 0.717) is 0 Å². The van der Waals surface area contributed by atoms with Crippen molar-refractivity contribution in [2.45, 2.75) is 37.8 Å². The molecule has 5 nitrogen and oxygen atoms in total. The van der Waals surface area contributed by atoms with Crippen molar-refractivity contribution < 1.29 is 9.53 Å². The van der Waals surface area contributed by atoms with Crippen molar-refractivity contribution in [2.24, 2.45) is 13.0 Å². The van der Waals surface area contributed by atoms with Crippen molar-refractivity contribution in [1.29, 1.82) is 0 Å². The summed E-state index contributed by atoms with van der Waals surface area (Å²) in [6.45, 7) is 1.61. The summed E-state index contributed by atoms with van der Waals surface area (Å²) in [4.78, 5) is 14.9. The van der Waals surface area contributed by atoms with Gasteiger partial charge in [-0.05, 0) is 48.6 Å². The molecule has 2 atom stereocenters. The maximum absolute atomic E-state index is 12.9. The summed E-state index contributed by atoms with van der Waals surface area (Å²) in [6, 6.07) is 2.01. The fourth-order valence-electron chi connectivity index (χ4n) is 3.43. The lowest BCUT2D eigenvalue weighted by molar-refractivity contribution is 0.0200. The van der Waals surface area contributed by atoms with Crippen LogP contribution in [0.2, 0.25) is 0 Å². The first-order valence-corrected chi connectivity index (χ1v) is 9.57. The average molecular weight is 345 g/mol. The van der Waals surface area contributed by atoms with E-state index in [1.165, 1.54) is 12.8 Å². The molecule has 128 valence electrons. The second-order valence-corrected chi connectivity index (χ2v) is 7.69. The van der Waals surface area contributed by atoms with Crippen LogP contribution in [0.5, 0.6) is 0 Å². The van der Waals surface area contributed by atoms with Gasteiger partial charge in [0.1, 0.15) is 0 Å². The number of carbonyl (C=O) groups excluding carboxylic acids is 1. The average Bonchev–Trinajstić information content (AvgIpc) is 2.98. The lowest BCUT2D eigenvalue weighted by Crippen LogP contribution is -2.42. The molecule has 2 aromatic heterocycles. The molecule has 0 N–H and O–H groups in total. The summed E-state index contributed by atoms with van der Waals surface area (Å²) in [7, 11) is 1.92. The van der Waals surface area contributed by atoms with Gasteiger partial charge in [0.2, 0.25) is 0 Å². The van der Waals surface area contributed by atoms with E-state index in [1.807, 2.05) is 45.8 Å². The van der Waals surface area contributed by atoms with E-state index in [1.54, 1.807) is 11.3 Å². The Kier molecular flexibility index (Phi) is 4.41. The summed E-state index contributed by atoms with van der Waals surface area (Å²) in [5.74, 6) is 0.869. The molecule has 2 fully saturated rings. The maximum Gasteiger partial charge on any atom is 0.255 e. The van der Waals surface area contributed by atoms with Crippen LogP contribution in [0.3, 0.4) is 0 Å². The first-order valence-electron chi connectivity index (χ1n) is 8.63. The highest BCUT2D eigenvalue weighted by molar-refractivity contribution is 7.08. The molecular formula is C18H23N3O2S. The van der Waals surface area contributed by atoms with Gasteiger partial charge in [-0.2, -0.15) is 16.4 Å². The molecule has 4 rings (SSSR count). The molecule has 1 saturated heterocycles. The predicted molar refractivity (Wildman–Crippen MR) is 93.1 cm³/mol. The Labute approximate surface area is 146 Å². The highest BCUT2D eigenvalue weighted by Gasteiger charge is 2.39. The third kappa shape index (κ3) is 3.39. The molecule has 24 heavy (non-hydrogen) atoms. The van der Waals surface area contributed by atoms with Gasteiger partial charge < -0.3 is 9.64 Å². The smallest absolute Gasteiger partial charge is 0.255 e. The normalized spacial score (nSPS) is 23.8. The van der Waals surface area contributed by atoms with Crippen molar-refractivity contribution in [3.8, 4) is 0 Å². The zero-order valence-corrected chi connectivity index (χ0v) is 14.7. The van der Waals surface area contributed by atoms with Crippen LogP contribution in [0.4, 0.5) is 0 Å². The Morgan fingerprint density at radius 2 is 2.29 bits per heavy atom. The molecule has 2 aromatic rings. The molecule has 0 radical (unpaired) electrons. The predicted octanol–water partition coefficient (Wildman–Crippen LogP) is 2.73. The molecule has 1 aliphatic carbocycles. The number of hydrogen-bond donors (Lipinski definition) is 0. The second kappa shape index (κ2) is 6.69. The van der Waals surface area contributed by atoms with Gasteiger partial charge in [0.15, 0.2) is 0 Å². The number of amides is 1. The minimum absolute atomic E-state index is 0.0975. The number of aromatic nitrogens is 2. The van der Waals surface area contributed by atoms with Crippen molar-refractivity contribution >= 4 is 17.2 Å². The fraction of sp³-hybridized carbons (Fsp3) is 0.556. The van der Waals surface area contributed by atoms with Crippen LogP contribution < -0.4 is 0 Å². The highest BCUT2D eigenvalue weighted by atomic mass is 32.1. The van der Waals surface area contributed by atoms with Gasteiger partial charge >= 0.3 is 0 Å². The van der Waals surface area contributed by atoms with Crippen LogP contribution in [0.1, 0.15) is 35.2 Å². The summed E-state index contributed by atoms with van der Waals surface area (Å²) < 4.78 is 8.01. The maximum atomic E-state index is 12.9. The van der Waals surface area contributed by atoms with Crippen LogP contribution in [0.15, 0.2) is 29.2 Å². The van der Waals surface area contributed by atoms with E-state index >= 15 is 0 Å². The van der Waals surface area contributed by atoms with Gasteiger partial charge in [0.25, 0.3) is 5.91 Å². The number of aryl methyl sites for hydroxylation is 1. The molecule has 0 spiro atoms. The number of carbonyl (C=O) groups is 1. The van der Waals surface area contributed by atoms with Gasteiger partial charge in [0.05, 0.1) is 23.9 Å². The molecular weight excluding hydrogens is 322 g/mol. The van der Waals surface area contributed by atoms with Crippen LogP contribution in [0, 0.1) is 5.92 Å². The second-order valence-electron chi connectivity index (χ2n) is 6.91. The first kappa shape index (κ1) is 15.8. The van der Waals surface area contributed by atoms with Crippen LogP contribution in [-0.4, -0.2) is 45.9 Å². The minimum atomic E-state index is 0.0975. The Hall–Kier alpha value is -1.66. The van der Waals surface area contributed by atoms with Crippen LogP contribution in [0.25, 0.3) is 0 Å². The summed E-state index contributed by atoms with van der Waals surface area (Å²) in [6.07, 6.45) is 8.36. The van der Waals surface area contributed by atoms with Gasteiger partial charge in [-0.3, -0.25) is 9.48 Å². The van der Waals surface area contributed by atoms with Gasteiger partial charge in [0, 0.05) is 31.8 Å². The van der Waals surface area contributed by atoms with Gasteiger partial charge in [-0.15, -0.1) is 0 Å². The van der Waals surface area contributed by atoms with Crippen LogP contribution in [-0.2, 0) is 18.2 Å². The number of rotatable bonds is 6. The van der Waals surface area contributed by atoms with E-state index in [2.05, 4.69) is 5.10 Å². The molecule has 0 bridgehead atoms. The van der Waals surface area contributed by atoms with E-state index in [9.17, 15) is 4.79 Å². The van der Waals surface area contributed by atoms with Crippen molar-refractivity contribution in [3.05, 3.63) is 40.3 Å². The summed E-state index contributed by atoms with van der Waals surface area (Å²) in [5, 5.41) is 8.15. The Bertz CT molecular complexity index is 693. The van der Waals surface area contributed by atoms with Gasteiger partial charge in [-0.25, -0.2) is 0 Å². The van der Waals surface area contributed by atoms with Gasteiger partial charge in [-0.1, -0.05) is 0 Å². The molecule has 0 aromatic carbocycles. The lowest BCUT2D eigenvalue weighted by Gasteiger charge is -2.28. The fourth-order valence-corrected chi connectivity index (χ4v) is 4.06. The Morgan fingerprint density at radius 3 is 2.96 bits per heavy atom. The first-order chi connectivity index (χ1) is 11.7. The summed E-state index contributed by atoms with van der Waals surface area (Å²) in [5.41, 5.74) is 1.95. The SMILES string of the molecule is Cn1cc(C[C@H]2[C@@H](OCC3CC3)CCN2C(=O)c2ccsc2)cn1. The summed E-state index contributed by atoms with van der Waals surface area (Å²) >= 11 is 1.57. The van der Waals surface area contributed by atoms with E-state index in [0.717, 1.165) is 43.0 Å². The molecule has 1 saturated carbocycles. The largest absolute Gasteiger partial charge is 0.376 e. The molecule has 0 unspecified atom stereocenters. The molecule has 1 aliphatic heterocycles. The third-order valence-electron chi connectivity index (χ3n) is 4.96. The van der Waals surface area contributed by atoms with Crippen molar-refractivity contribution in [1.82, 2.24) is 14.7 Å². The Balaban J connectivity index is 1.51. The topological polar surface area (TPSA) is 47.4 Å². The molecule has 6 heteroatoms. The molecule has 2 aliphatic rings. The van der Waals surface area contributed by atoms with E-state index < -0.39 is 0 Å². The Morgan fingerprint density at radius 1 is 1.42 bits per heavy atom. The standard InChI is InChI=1S/C18H23N3O2S/c1-20-10-14(9-19-20)8-16-17(23-11-13-2-3-13)4-6-21(16)18(22)15-5-7-24-12-15/h5,7,9-10,12-13,16-17H,2-4,6,8,11H2,1H3/t16-,17-/m0/s1. The number of nitrogens with zero attached hydrogens (tertiary/aromatic N) is 3. The third-order valence-corrected chi connectivity index (χ3v) is 5.64. The number of ether oxygens (including phenoxy) is 1. The zero-order chi connectivity index (χ0) is 16.5. The van der Waals surface area contributed by atoms with Crippen molar-refractivity contribution in [2.75, 3.05) is 13.2 Å².